The normalized spacial score (nSPS) is 18.9. The van der Waals surface area contributed by atoms with Crippen molar-refractivity contribution < 1.29 is 19.1 Å². The van der Waals surface area contributed by atoms with Crippen molar-refractivity contribution in [2.45, 2.75) is 59.5 Å². The number of nitrogens with one attached hydrogen (secondary N) is 2. The van der Waals surface area contributed by atoms with Crippen molar-refractivity contribution >= 4 is 40.4 Å². The molecule has 1 unspecified atom stereocenters. The van der Waals surface area contributed by atoms with Gasteiger partial charge in [-0.3, -0.25) is 23.7 Å². The molecule has 0 bridgehead atoms. The van der Waals surface area contributed by atoms with Crippen molar-refractivity contribution in [1.82, 2.24) is 25.1 Å². The maximum Gasteiger partial charge on any atom is 0.265 e. The number of carbonyl (C=O) groups excluding carboxylic acids is 3. The Morgan fingerprint density at radius 2 is 2.00 bits per heavy atom. The van der Waals surface area contributed by atoms with Gasteiger partial charge in [0, 0.05) is 37.3 Å². The molecule has 0 radical (unpaired) electrons. The molecule has 11 heteroatoms. The lowest BCUT2D eigenvalue weighted by Crippen LogP contribution is -2.56. The number of aromatic nitrogens is 2. The third-order valence-electron chi connectivity index (χ3n) is 7.00. The van der Waals surface area contributed by atoms with Crippen molar-refractivity contribution in [3.05, 3.63) is 57.0 Å². The highest BCUT2D eigenvalue weighted by Crippen LogP contribution is 2.29. The summed E-state index contributed by atoms with van der Waals surface area (Å²) in [5, 5.41) is 6.76. The second kappa shape index (κ2) is 12.2. The van der Waals surface area contributed by atoms with Crippen molar-refractivity contribution in [2.75, 3.05) is 26.2 Å². The Hall–Kier alpha value is -3.66. The Kier molecular flexibility index (Phi) is 8.98. The summed E-state index contributed by atoms with van der Waals surface area (Å²) in [7, 11) is 0. The highest BCUT2D eigenvalue weighted by molar-refractivity contribution is 6.29. The summed E-state index contributed by atoms with van der Waals surface area (Å²) in [6.07, 6.45) is 6.84. The molecule has 214 valence electrons. The average molecular weight is 570 g/mol. The number of carbonyl (C=O) groups is 3. The number of halogens is 1. The molecule has 2 aliphatic rings. The highest BCUT2D eigenvalue weighted by Gasteiger charge is 2.37. The fourth-order valence-corrected chi connectivity index (χ4v) is 4.94. The van der Waals surface area contributed by atoms with Gasteiger partial charge in [-0.25, -0.2) is 4.98 Å². The predicted molar refractivity (Wildman–Crippen MR) is 153 cm³/mol. The van der Waals surface area contributed by atoms with E-state index in [1.807, 2.05) is 13.0 Å². The molecule has 0 aliphatic carbocycles. The van der Waals surface area contributed by atoms with Crippen LogP contribution in [0, 0.1) is 5.41 Å². The number of fused-ring (bicyclic) bond motifs is 1. The number of ether oxygens (including phenoxy) is 1. The van der Waals surface area contributed by atoms with E-state index >= 15 is 0 Å². The fraction of sp³-hybridized carbons (Fsp3) is 0.483. The Morgan fingerprint density at radius 1 is 1.25 bits per heavy atom. The Balaban J connectivity index is 1.62. The van der Waals surface area contributed by atoms with Gasteiger partial charge < -0.3 is 20.3 Å². The number of pyridine rings is 2. The van der Waals surface area contributed by atoms with Gasteiger partial charge in [-0.05, 0) is 50.3 Å². The lowest BCUT2D eigenvalue weighted by atomic mass is 9.84. The summed E-state index contributed by atoms with van der Waals surface area (Å²) in [4.78, 5) is 57.5. The van der Waals surface area contributed by atoms with E-state index in [1.54, 1.807) is 24.0 Å². The molecular formula is C29H36ClN5O5. The Bertz CT molecular complexity index is 1430. The molecule has 2 aliphatic heterocycles. The molecule has 40 heavy (non-hydrogen) atoms. The van der Waals surface area contributed by atoms with E-state index in [0.717, 1.165) is 5.57 Å². The third-order valence-corrected chi connectivity index (χ3v) is 7.13. The van der Waals surface area contributed by atoms with Crippen LogP contribution in [0.1, 0.15) is 57.3 Å². The molecule has 2 aromatic heterocycles. The van der Waals surface area contributed by atoms with Crippen molar-refractivity contribution in [3.8, 4) is 5.75 Å². The minimum atomic E-state index is -0.598. The van der Waals surface area contributed by atoms with E-state index in [1.165, 1.54) is 16.8 Å². The first-order chi connectivity index (χ1) is 18.9. The standard InChI is InChI=1S/C29H36ClN5O5/c1-18(5-6-19(2)30)9-11-32-27(38)22-13-21-23(40-15-20-7-8-24(36)33-20)10-12-31-26(21)35(28(22)39)14-25(37)34-16-29(3,4)17-34/h5-6,10,12-13,20H,7-9,11,14-17H2,1-4H3,(H,32,38)(H,33,36). The monoisotopic (exact) mass is 569 g/mol. The molecule has 2 aromatic rings. The molecule has 10 nitrogen and oxygen atoms in total. The Morgan fingerprint density at radius 3 is 2.65 bits per heavy atom. The summed E-state index contributed by atoms with van der Waals surface area (Å²) in [6.45, 7) is 9.35. The maximum atomic E-state index is 13.6. The minimum absolute atomic E-state index is 0.0208. The molecule has 0 saturated carbocycles. The van der Waals surface area contributed by atoms with Crippen LogP contribution in [0.25, 0.3) is 11.0 Å². The van der Waals surface area contributed by atoms with Gasteiger partial charge in [-0.15, -0.1) is 0 Å². The van der Waals surface area contributed by atoms with Gasteiger partial charge in [0.2, 0.25) is 11.8 Å². The van der Waals surface area contributed by atoms with Crippen LogP contribution in [0.2, 0.25) is 0 Å². The van der Waals surface area contributed by atoms with Gasteiger partial charge in [0.05, 0.1) is 11.4 Å². The van der Waals surface area contributed by atoms with Gasteiger partial charge in [0.15, 0.2) is 0 Å². The van der Waals surface area contributed by atoms with E-state index < -0.39 is 11.5 Å². The van der Waals surface area contributed by atoms with Crippen LogP contribution in [-0.4, -0.2) is 64.5 Å². The Labute approximate surface area is 238 Å². The number of rotatable bonds is 10. The van der Waals surface area contributed by atoms with Crippen LogP contribution in [0.3, 0.4) is 0 Å². The SMILES string of the molecule is CC(Cl)=CC=C(C)CCNC(=O)c1cc2c(OCC3CCC(=O)N3)ccnc2n(CC(=O)N2CC(C)(C)C2)c1=O. The first-order valence-electron chi connectivity index (χ1n) is 13.4. The number of hydrogen-bond acceptors (Lipinski definition) is 6. The third kappa shape index (κ3) is 7.10. The van der Waals surface area contributed by atoms with Gasteiger partial charge >= 0.3 is 0 Å². The maximum absolute atomic E-state index is 13.6. The van der Waals surface area contributed by atoms with E-state index in [9.17, 15) is 19.2 Å². The van der Waals surface area contributed by atoms with Gasteiger partial charge in [-0.2, -0.15) is 0 Å². The van der Waals surface area contributed by atoms with Crippen molar-refractivity contribution in [1.29, 1.82) is 0 Å². The predicted octanol–water partition coefficient (Wildman–Crippen LogP) is 3.13. The molecule has 0 spiro atoms. The van der Waals surface area contributed by atoms with Crippen LogP contribution in [0.5, 0.6) is 5.75 Å². The molecular weight excluding hydrogens is 534 g/mol. The summed E-state index contributed by atoms with van der Waals surface area (Å²) in [6, 6.07) is 2.99. The summed E-state index contributed by atoms with van der Waals surface area (Å²) in [5.41, 5.74) is 0.598. The highest BCUT2D eigenvalue weighted by atomic mass is 35.5. The largest absolute Gasteiger partial charge is 0.491 e. The number of likely N-dealkylation sites (tertiary alicyclic amines) is 1. The topological polar surface area (TPSA) is 123 Å². The molecule has 1 atom stereocenters. The number of allylic oxidation sites excluding steroid dienone is 3. The summed E-state index contributed by atoms with van der Waals surface area (Å²) in [5.74, 6) is -0.376. The molecule has 2 fully saturated rings. The summed E-state index contributed by atoms with van der Waals surface area (Å²) >= 11 is 5.88. The van der Waals surface area contributed by atoms with E-state index in [2.05, 4.69) is 29.5 Å². The van der Waals surface area contributed by atoms with Gasteiger partial charge in [-0.1, -0.05) is 37.1 Å². The van der Waals surface area contributed by atoms with E-state index in [-0.39, 0.29) is 47.6 Å². The molecule has 4 rings (SSSR count). The van der Waals surface area contributed by atoms with Crippen LogP contribution < -0.4 is 20.9 Å². The van der Waals surface area contributed by atoms with E-state index in [4.69, 9.17) is 16.3 Å². The van der Waals surface area contributed by atoms with Crippen LogP contribution in [0.4, 0.5) is 0 Å². The number of hydrogen-bond donors (Lipinski definition) is 2. The first kappa shape index (κ1) is 29.3. The smallest absolute Gasteiger partial charge is 0.265 e. The van der Waals surface area contributed by atoms with Gasteiger partial charge in [0.1, 0.15) is 30.1 Å². The lowest BCUT2D eigenvalue weighted by molar-refractivity contribution is -0.142. The summed E-state index contributed by atoms with van der Waals surface area (Å²) < 4.78 is 7.28. The minimum Gasteiger partial charge on any atom is -0.491 e. The molecule has 3 amide bonds. The fourth-order valence-electron chi connectivity index (χ4n) is 4.88. The number of nitrogens with zero attached hydrogens (tertiary/aromatic N) is 3. The van der Waals surface area contributed by atoms with Crippen molar-refractivity contribution in [3.63, 3.8) is 0 Å². The quantitative estimate of drug-likeness (QED) is 0.424. The van der Waals surface area contributed by atoms with Crippen LogP contribution in [-0.2, 0) is 16.1 Å². The van der Waals surface area contributed by atoms with Crippen LogP contribution >= 0.6 is 11.6 Å². The zero-order chi connectivity index (χ0) is 29.0. The molecule has 4 heterocycles. The van der Waals surface area contributed by atoms with Crippen molar-refractivity contribution in [2.24, 2.45) is 5.41 Å². The van der Waals surface area contributed by atoms with Crippen LogP contribution in [0.15, 0.2) is 45.9 Å². The second-order valence-corrected chi connectivity index (χ2v) is 11.9. The first-order valence-corrected chi connectivity index (χ1v) is 13.8. The number of amides is 3. The average Bonchev–Trinajstić information content (AvgIpc) is 3.30. The zero-order valence-electron chi connectivity index (χ0n) is 23.4. The van der Waals surface area contributed by atoms with E-state index in [0.29, 0.717) is 55.1 Å². The zero-order valence-corrected chi connectivity index (χ0v) is 24.1. The lowest BCUT2D eigenvalue weighted by Gasteiger charge is -2.45. The molecule has 0 aromatic carbocycles. The molecule has 2 saturated heterocycles. The molecule has 2 N–H and O–H groups in total. The second-order valence-electron chi connectivity index (χ2n) is 11.3. The van der Waals surface area contributed by atoms with Gasteiger partial charge in [0.25, 0.3) is 11.5 Å².